The van der Waals surface area contributed by atoms with Crippen LogP contribution in [0, 0.1) is 20.8 Å². The molecule has 0 saturated carbocycles. The van der Waals surface area contributed by atoms with E-state index < -0.39 is 0 Å². The van der Waals surface area contributed by atoms with Crippen molar-refractivity contribution in [3.05, 3.63) is 28.8 Å². The average molecular weight is 209 g/mol. The summed E-state index contributed by atoms with van der Waals surface area (Å²) in [6.07, 6.45) is 1.09. The molecule has 1 aromatic rings. The van der Waals surface area contributed by atoms with E-state index in [1.165, 1.54) is 21.6 Å². The van der Waals surface area contributed by atoms with Gasteiger partial charge in [-0.1, -0.05) is 17.7 Å². The van der Waals surface area contributed by atoms with E-state index >= 15 is 0 Å². The SMILES string of the molecule is Cc1cc(C)c(SCCCN)c(C)c1. The third kappa shape index (κ3) is 3.03. The Kier molecular flexibility index (Phi) is 4.49. The average Bonchev–Trinajstić information content (AvgIpc) is 2.09. The van der Waals surface area contributed by atoms with Crippen molar-refractivity contribution in [2.24, 2.45) is 5.73 Å². The van der Waals surface area contributed by atoms with Gasteiger partial charge in [0.25, 0.3) is 0 Å². The van der Waals surface area contributed by atoms with Gasteiger partial charge in [-0.05, 0) is 50.6 Å². The van der Waals surface area contributed by atoms with Gasteiger partial charge < -0.3 is 5.73 Å². The van der Waals surface area contributed by atoms with Crippen LogP contribution in [0.25, 0.3) is 0 Å². The highest BCUT2D eigenvalue weighted by molar-refractivity contribution is 7.99. The smallest absolute Gasteiger partial charge is 0.0131 e. The van der Waals surface area contributed by atoms with Crippen molar-refractivity contribution in [3.8, 4) is 0 Å². The Morgan fingerprint density at radius 3 is 2.21 bits per heavy atom. The maximum Gasteiger partial charge on any atom is 0.0131 e. The van der Waals surface area contributed by atoms with Crippen LogP contribution in [0.2, 0.25) is 0 Å². The number of thioether (sulfide) groups is 1. The van der Waals surface area contributed by atoms with Gasteiger partial charge in [0.15, 0.2) is 0 Å². The van der Waals surface area contributed by atoms with Crippen LogP contribution in [0.3, 0.4) is 0 Å². The van der Waals surface area contributed by atoms with E-state index in [1.807, 2.05) is 11.8 Å². The van der Waals surface area contributed by atoms with Crippen molar-refractivity contribution in [2.75, 3.05) is 12.3 Å². The molecule has 2 N–H and O–H groups in total. The van der Waals surface area contributed by atoms with Crippen LogP contribution in [-0.4, -0.2) is 12.3 Å². The lowest BCUT2D eigenvalue weighted by atomic mass is 10.1. The minimum atomic E-state index is 0.789. The first kappa shape index (κ1) is 11.6. The predicted molar refractivity (Wildman–Crippen MR) is 65.0 cm³/mol. The summed E-state index contributed by atoms with van der Waals surface area (Å²) in [4.78, 5) is 1.43. The van der Waals surface area contributed by atoms with Crippen LogP contribution in [-0.2, 0) is 0 Å². The summed E-state index contributed by atoms with van der Waals surface area (Å²) in [5.74, 6) is 1.13. The zero-order valence-electron chi connectivity index (χ0n) is 9.26. The molecule has 0 heterocycles. The Bertz CT molecular complexity index is 284. The van der Waals surface area contributed by atoms with Gasteiger partial charge in [-0.2, -0.15) is 0 Å². The molecule has 0 fully saturated rings. The molecule has 78 valence electrons. The predicted octanol–water partition coefficient (Wildman–Crippen LogP) is 3.05. The quantitative estimate of drug-likeness (QED) is 0.609. The first-order valence-corrected chi connectivity index (χ1v) is 6.04. The van der Waals surface area contributed by atoms with E-state index in [-0.39, 0.29) is 0 Å². The van der Waals surface area contributed by atoms with Gasteiger partial charge in [-0.15, -0.1) is 11.8 Å². The summed E-state index contributed by atoms with van der Waals surface area (Å²) < 4.78 is 0. The van der Waals surface area contributed by atoms with Gasteiger partial charge in [-0.3, -0.25) is 0 Å². The molecule has 0 aromatic heterocycles. The molecular weight excluding hydrogens is 190 g/mol. The number of hydrogen-bond acceptors (Lipinski definition) is 2. The monoisotopic (exact) mass is 209 g/mol. The van der Waals surface area contributed by atoms with Gasteiger partial charge >= 0.3 is 0 Å². The van der Waals surface area contributed by atoms with E-state index in [0.29, 0.717) is 0 Å². The van der Waals surface area contributed by atoms with E-state index in [1.54, 1.807) is 0 Å². The number of benzene rings is 1. The van der Waals surface area contributed by atoms with Crippen molar-refractivity contribution in [3.63, 3.8) is 0 Å². The van der Waals surface area contributed by atoms with Crippen molar-refractivity contribution in [1.29, 1.82) is 0 Å². The molecule has 0 spiro atoms. The first-order chi connectivity index (χ1) is 6.65. The number of aryl methyl sites for hydroxylation is 3. The van der Waals surface area contributed by atoms with Gasteiger partial charge in [0.2, 0.25) is 0 Å². The van der Waals surface area contributed by atoms with E-state index in [4.69, 9.17) is 5.73 Å². The molecule has 0 atom stereocenters. The molecule has 0 aliphatic heterocycles. The van der Waals surface area contributed by atoms with Crippen molar-refractivity contribution in [1.82, 2.24) is 0 Å². The zero-order chi connectivity index (χ0) is 10.6. The van der Waals surface area contributed by atoms with Crippen molar-refractivity contribution >= 4 is 11.8 Å². The second-order valence-corrected chi connectivity index (χ2v) is 4.82. The lowest BCUT2D eigenvalue weighted by Crippen LogP contribution is -1.99. The normalized spacial score (nSPS) is 10.6. The van der Waals surface area contributed by atoms with Gasteiger partial charge in [0.1, 0.15) is 0 Å². The van der Waals surface area contributed by atoms with Crippen LogP contribution >= 0.6 is 11.8 Å². The highest BCUT2D eigenvalue weighted by atomic mass is 32.2. The molecule has 0 aliphatic rings. The standard InChI is InChI=1S/C12H19NS/c1-9-7-10(2)12(11(3)8-9)14-6-4-5-13/h7-8H,4-6,13H2,1-3H3. The van der Waals surface area contributed by atoms with E-state index in [2.05, 4.69) is 32.9 Å². The first-order valence-electron chi connectivity index (χ1n) is 5.06. The Morgan fingerprint density at radius 1 is 1.14 bits per heavy atom. The fourth-order valence-corrected chi connectivity index (χ4v) is 2.74. The van der Waals surface area contributed by atoms with Crippen LogP contribution in [0.1, 0.15) is 23.1 Å². The van der Waals surface area contributed by atoms with E-state index in [9.17, 15) is 0 Å². The maximum atomic E-state index is 5.48. The molecule has 0 aliphatic carbocycles. The summed E-state index contributed by atoms with van der Waals surface area (Å²) in [5, 5.41) is 0. The Labute approximate surface area is 91.1 Å². The summed E-state index contributed by atoms with van der Waals surface area (Å²) >= 11 is 1.93. The van der Waals surface area contributed by atoms with Crippen LogP contribution in [0.15, 0.2) is 17.0 Å². The lowest BCUT2D eigenvalue weighted by molar-refractivity contribution is 0.942. The molecule has 0 unspecified atom stereocenters. The second kappa shape index (κ2) is 5.42. The molecular formula is C12H19NS. The third-order valence-electron chi connectivity index (χ3n) is 2.20. The Balaban J connectivity index is 2.75. The highest BCUT2D eigenvalue weighted by Crippen LogP contribution is 2.27. The third-order valence-corrected chi connectivity index (χ3v) is 3.62. The van der Waals surface area contributed by atoms with Crippen molar-refractivity contribution < 1.29 is 0 Å². The lowest BCUT2D eigenvalue weighted by Gasteiger charge is -2.10. The van der Waals surface area contributed by atoms with Crippen LogP contribution < -0.4 is 5.73 Å². The number of hydrogen-bond donors (Lipinski definition) is 1. The molecule has 1 aromatic carbocycles. The molecule has 1 nitrogen and oxygen atoms in total. The summed E-state index contributed by atoms with van der Waals surface area (Å²) in [6.45, 7) is 7.31. The van der Waals surface area contributed by atoms with Gasteiger partial charge in [0.05, 0.1) is 0 Å². The van der Waals surface area contributed by atoms with Crippen molar-refractivity contribution in [2.45, 2.75) is 32.1 Å². The summed E-state index contributed by atoms with van der Waals surface area (Å²) in [6, 6.07) is 4.50. The molecule has 0 amide bonds. The summed E-state index contributed by atoms with van der Waals surface area (Å²) in [5.41, 5.74) is 9.62. The minimum Gasteiger partial charge on any atom is -0.330 e. The number of rotatable bonds is 4. The Hall–Kier alpha value is -0.470. The molecule has 0 bridgehead atoms. The van der Waals surface area contributed by atoms with Crippen LogP contribution in [0.5, 0.6) is 0 Å². The number of nitrogens with two attached hydrogens (primary N) is 1. The topological polar surface area (TPSA) is 26.0 Å². The maximum absolute atomic E-state index is 5.48. The highest BCUT2D eigenvalue weighted by Gasteiger charge is 2.03. The zero-order valence-corrected chi connectivity index (χ0v) is 10.1. The largest absolute Gasteiger partial charge is 0.330 e. The fraction of sp³-hybridized carbons (Fsp3) is 0.500. The fourth-order valence-electron chi connectivity index (χ4n) is 1.65. The molecule has 14 heavy (non-hydrogen) atoms. The molecule has 1 rings (SSSR count). The Morgan fingerprint density at radius 2 is 1.71 bits per heavy atom. The summed E-state index contributed by atoms with van der Waals surface area (Å²) in [7, 11) is 0. The molecule has 2 heteroatoms. The minimum absolute atomic E-state index is 0.789. The van der Waals surface area contributed by atoms with Crippen LogP contribution in [0.4, 0.5) is 0 Å². The molecule has 0 radical (unpaired) electrons. The van der Waals surface area contributed by atoms with Gasteiger partial charge in [-0.25, -0.2) is 0 Å². The van der Waals surface area contributed by atoms with Gasteiger partial charge in [0, 0.05) is 4.90 Å². The second-order valence-electron chi connectivity index (χ2n) is 3.72. The molecule has 0 saturated heterocycles. The van der Waals surface area contributed by atoms with E-state index in [0.717, 1.165) is 18.7 Å².